The molecule has 0 saturated heterocycles. The van der Waals surface area contributed by atoms with Crippen molar-refractivity contribution in [3.63, 3.8) is 0 Å². The van der Waals surface area contributed by atoms with Crippen LogP contribution in [0.3, 0.4) is 0 Å². The highest BCUT2D eigenvalue weighted by molar-refractivity contribution is 5.91. The summed E-state index contributed by atoms with van der Waals surface area (Å²) in [6.45, 7) is 11.3. The van der Waals surface area contributed by atoms with Crippen LogP contribution in [0.2, 0.25) is 0 Å². The number of carbonyl (C=O) groups is 2. The molecule has 2 heteroatoms. The third kappa shape index (κ3) is 2.11. The van der Waals surface area contributed by atoms with Crippen molar-refractivity contribution in [3.05, 3.63) is 11.6 Å². The van der Waals surface area contributed by atoms with Gasteiger partial charge in [0, 0.05) is 11.8 Å². The summed E-state index contributed by atoms with van der Waals surface area (Å²) in [5, 5.41) is 0. The number of ketones is 2. The van der Waals surface area contributed by atoms with E-state index < -0.39 is 0 Å². The van der Waals surface area contributed by atoms with Gasteiger partial charge in [-0.25, -0.2) is 0 Å². The molecule has 0 bridgehead atoms. The highest BCUT2D eigenvalue weighted by Crippen LogP contribution is 2.71. The van der Waals surface area contributed by atoms with Crippen LogP contribution in [-0.4, -0.2) is 11.6 Å². The summed E-state index contributed by atoms with van der Waals surface area (Å²) in [5.74, 6) is 3.40. The number of Topliss-reactive ketones (excluding diaryl/α,β-unsaturated/α-hetero) is 1. The van der Waals surface area contributed by atoms with E-state index in [4.69, 9.17) is 0 Å². The van der Waals surface area contributed by atoms with Crippen LogP contribution in [0.5, 0.6) is 0 Å². The summed E-state index contributed by atoms with van der Waals surface area (Å²) < 4.78 is 0. The minimum atomic E-state index is -0.0918. The Hall–Kier alpha value is -0.920. The molecule has 0 radical (unpaired) electrons. The summed E-state index contributed by atoms with van der Waals surface area (Å²) in [6.07, 6.45) is 10.7. The van der Waals surface area contributed by atoms with E-state index in [-0.39, 0.29) is 16.2 Å². The highest BCUT2D eigenvalue weighted by atomic mass is 16.1. The van der Waals surface area contributed by atoms with Gasteiger partial charge in [0.25, 0.3) is 0 Å². The van der Waals surface area contributed by atoms with E-state index in [1.165, 1.54) is 31.3 Å². The quantitative estimate of drug-likeness (QED) is 0.631. The maximum Gasteiger partial charge on any atom is 0.155 e. The molecule has 0 aromatic carbocycles. The van der Waals surface area contributed by atoms with Gasteiger partial charge in [-0.05, 0) is 92.4 Å². The van der Waals surface area contributed by atoms with Gasteiger partial charge < -0.3 is 0 Å². The number of rotatable bonds is 2. The van der Waals surface area contributed by atoms with Crippen LogP contribution in [0.25, 0.3) is 0 Å². The Balaban J connectivity index is 1.74. The standard InChI is InChI=1S/C24H36O2/c1-6-24(16(3)25)12-9-20-18-13-15(2)21-14-17(26)7-10-22(21,4)19(18)8-11-23(20,24)5/h14-15,18-20H,6-13H2,1-5H3. The van der Waals surface area contributed by atoms with Crippen molar-refractivity contribution in [1.82, 2.24) is 0 Å². The molecule has 4 aliphatic carbocycles. The maximum atomic E-state index is 12.8. The molecule has 7 unspecified atom stereocenters. The largest absolute Gasteiger partial charge is 0.299 e. The van der Waals surface area contributed by atoms with Gasteiger partial charge in [-0.15, -0.1) is 0 Å². The van der Waals surface area contributed by atoms with Crippen LogP contribution in [-0.2, 0) is 9.59 Å². The Bertz CT molecular complexity index is 676. The summed E-state index contributed by atoms with van der Waals surface area (Å²) in [7, 11) is 0. The minimum absolute atomic E-state index is 0.0918. The third-order valence-corrected chi connectivity index (χ3v) is 9.92. The second-order valence-corrected chi connectivity index (χ2v) is 10.5. The maximum absolute atomic E-state index is 12.8. The van der Waals surface area contributed by atoms with E-state index in [1.54, 1.807) is 0 Å². The molecule has 0 heterocycles. The Labute approximate surface area is 159 Å². The van der Waals surface area contributed by atoms with E-state index in [2.05, 4.69) is 27.7 Å². The number of allylic oxidation sites excluding steroid dienone is 1. The van der Waals surface area contributed by atoms with Crippen molar-refractivity contribution in [2.75, 3.05) is 0 Å². The SMILES string of the molecule is CCC1(C(C)=O)CCC2C3CC(C)C4=CC(=O)CCC4(C)C3CCC21C. The summed E-state index contributed by atoms with van der Waals surface area (Å²) in [5.41, 5.74) is 1.75. The Morgan fingerprint density at radius 1 is 1.15 bits per heavy atom. The third-order valence-electron chi connectivity index (χ3n) is 9.92. The lowest BCUT2D eigenvalue weighted by Gasteiger charge is -2.61. The zero-order chi connectivity index (χ0) is 18.9. The molecular formula is C24H36O2. The first-order valence-electron chi connectivity index (χ1n) is 11.0. The number of hydrogen-bond donors (Lipinski definition) is 0. The number of hydrogen-bond acceptors (Lipinski definition) is 2. The average molecular weight is 357 g/mol. The van der Waals surface area contributed by atoms with E-state index in [9.17, 15) is 9.59 Å². The first-order chi connectivity index (χ1) is 12.2. The molecule has 2 nitrogen and oxygen atoms in total. The van der Waals surface area contributed by atoms with Crippen LogP contribution < -0.4 is 0 Å². The van der Waals surface area contributed by atoms with Crippen LogP contribution in [0.4, 0.5) is 0 Å². The van der Waals surface area contributed by atoms with Crippen LogP contribution in [0.1, 0.15) is 86.0 Å². The van der Waals surface area contributed by atoms with Gasteiger partial charge in [-0.2, -0.15) is 0 Å². The van der Waals surface area contributed by atoms with Gasteiger partial charge in [-0.1, -0.05) is 33.3 Å². The fraction of sp³-hybridized carbons (Fsp3) is 0.833. The summed E-state index contributed by atoms with van der Waals surface area (Å²) in [4.78, 5) is 24.8. The van der Waals surface area contributed by atoms with Crippen molar-refractivity contribution < 1.29 is 9.59 Å². The second kappa shape index (κ2) is 5.79. The van der Waals surface area contributed by atoms with Crippen molar-refractivity contribution >= 4 is 11.6 Å². The molecule has 0 aromatic rings. The lowest BCUT2D eigenvalue weighted by Crippen LogP contribution is -2.55. The smallest absolute Gasteiger partial charge is 0.155 e. The second-order valence-electron chi connectivity index (χ2n) is 10.5. The van der Waals surface area contributed by atoms with Crippen molar-refractivity contribution in [2.24, 2.45) is 39.9 Å². The van der Waals surface area contributed by atoms with Gasteiger partial charge in [0.05, 0.1) is 0 Å². The first-order valence-corrected chi connectivity index (χ1v) is 11.0. The average Bonchev–Trinajstić information content (AvgIpc) is 2.90. The van der Waals surface area contributed by atoms with E-state index >= 15 is 0 Å². The van der Waals surface area contributed by atoms with Gasteiger partial charge >= 0.3 is 0 Å². The molecule has 4 rings (SSSR count). The molecule has 0 spiro atoms. The van der Waals surface area contributed by atoms with Crippen LogP contribution in [0.15, 0.2) is 11.6 Å². The molecule has 26 heavy (non-hydrogen) atoms. The van der Waals surface area contributed by atoms with E-state index in [0.29, 0.717) is 29.3 Å². The van der Waals surface area contributed by atoms with Gasteiger partial charge in [0.1, 0.15) is 5.78 Å². The van der Waals surface area contributed by atoms with Gasteiger partial charge in [0.2, 0.25) is 0 Å². The molecule has 0 aromatic heterocycles. The molecule has 0 aliphatic heterocycles. The Morgan fingerprint density at radius 3 is 2.50 bits per heavy atom. The molecule has 4 aliphatic rings. The molecule has 3 saturated carbocycles. The zero-order valence-corrected chi connectivity index (χ0v) is 17.4. The topological polar surface area (TPSA) is 34.1 Å². The lowest BCUT2D eigenvalue weighted by molar-refractivity contribution is -0.142. The van der Waals surface area contributed by atoms with Crippen molar-refractivity contribution in [3.8, 4) is 0 Å². The predicted octanol–water partition coefficient (Wildman–Crippen LogP) is 5.75. The van der Waals surface area contributed by atoms with Gasteiger partial charge in [-0.3, -0.25) is 9.59 Å². The summed E-state index contributed by atoms with van der Waals surface area (Å²) in [6, 6.07) is 0. The normalized spacial score (nSPS) is 50.5. The van der Waals surface area contributed by atoms with E-state index in [0.717, 1.165) is 31.6 Å². The lowest BCUT2D eigenvalue weighted by atomic mass is 9.43. The molecule has 7 atom stereocenters. The molecule has 0 N–H and O–H groups in total. The van der Waals surface area contributed by atoms with Crippen LogP contribution in [0, 0.1) is 39.9 Å². The van der Waals surface area contributed by atoms with E-state index in [1.807, 2.05) is 13.0 Å². The van der Waals surface area contributed by atoms with Gasteiger partial charge in [0.15, 0.2) is 5.78 Å². The minimum Gasteiger partial charge on any atom is -0.299 e. The fourth-order valence-electron chi connectivity index (χ4n) is 8.53. The summed E-state index contributed by atoms with van der Waals surface area (Å²) >= 11 is 0. The Morgan fingerprint density at radius 2 is 1.85 bits per heavy atom. The first kappa shape index (κ1) is 18.4. The predicted molar refractivity (Wildman–Crippen MR) is 105 cm³/mol. The molecular weight excluding hydrogens is 320 g/mol. The monoisotopic (exact) mass is 356 g/mol. The highest BCUT2D eigenvalue weighted by Gasteiger charge is 2.65. The molecule has 144 valence electrons. The Kier molecular flexibility index (Phi) is 4.11. The fourth-order valence-corrected chi connectivity index (χ4v) is 8.53. The number of fused-ring (bicyclic) bond motifs is 5. The number of carbonyl (C=O) groups excluding carboxylic acids is 2. The van der Waals surface area contributed by atoms with Crippen molar-refractivity contribution in [1.29, 1.82) is 0 Å². The molecule has 3 fully saturated rings. The zero-order valence-electron chi connectivity index (χ0n) is 17.4. The van der Waals surface area contributed by atoms with Crippen molar-refractivity contribution in [2.45, 2.75) is 86.0 Å². The van der Waals surface area contributed by atoms with Crippen LogP contribution >= 0.6 is 0 Å². The molecule has 0 amide bonds.